The van der Waals surface area contributed by atoms with Crippen molar-refractivity contribution < 1.29 is 31.7 Å². The van der Waals surface area contributed by atoms with Gasteiger partial charge in [0, 0.05) is 11.8 Å². The lowest BCUT2D eigenvalue weighted by molar-refractivity contribution is -0.384. The van der Waals surface area contributed by atoms with Crippen molar-refractivity contribution in [2.24, 2.45) is 0 Å². The van der Waals surface area contributed by atoms with Crippen molar-refractivity contribution in [3.8, 4) is 0 Å². The first-order valence-electron chi connectivity index (χ1n) is 6.79. The number of sulfonamides is 1. The van der Waals surface area contributed by atoms with Crippen LogP contribution in [0, 0.1) is 10.1 Å². The van der Waals surface area contributed by atoms with Gasteiger partial charge < -0.3 is 5.11 Å². The van der Waals surface area contributed by atoms with Gasteiger partial charge in [0.15, 0.2) is 0 Å². The number of sulfone groups is 1. The van der Waals surface area contributed by atoms with Crippen molar-refractivity contribution in [2.45, 2.75) is 24.3 Å². The highest BCUT2D eigenvalue weighted by Gasteiger charge is 2.28. The largest absolute Gasteiger partial charge is 0.480 e. The summed E-state index contributed by atoms with van der Waals surface area (Å²) in [5, 5.41) is 19.6. The maximum Gasteiger partial charge on any atom is 0.321 e. The average Bonchev–Trinajstić information content (AvgIpc) is 2.51. The van der Waals surface area contributed by atoms with Gasteiger partial charge in [-0.1, -0.05) is 18.5 Å². The Bertz CT molecular complexity index is 882. The van der Waals surface area contributed by atoms with Gasteiger partial charge in [-0.25, -0.2) is 16.8 Å². The summed E-state index contributed by atoms with van der Waals surface area (Å²) in [6, 6.07) is 0.943. The van der Waals surface area contributed by atoms with Gasteiger partial charge in [-0.15, -0.1) is 0 Å². The monoisotopic (exact) mass is 414 g/mol. The van der Waals surface area contributed by atoms with Gasteiger partial charge in [-0.2, -0.15) is 4.72 Å². The molecule has 0 saturated carbocycles. The Hall–Kier alpha value is -1.76. The van der Waals surface area contributed by atoms with E-state index in [2.05, 4.69) is 0 Å². The van der Waals surface area contributed by atoms with Gasteiger partial charge in [0.05, 0.1) is 15.6 Å². The number of nitro benzene ring substituents is 1. The summed E-state index contributed by atoms with van der Waals surface area (Å²) in [6.45, 7) is 1.38. The Morgan fingerprint density at radius 1 is 1.36 bits per heavy atom. The predicted octanol–water partition coefficient (Wildman–Crippen LogP) is 0.804. The number of aliphatic carboxylic acids is 1. The van der Waals surface area contributed by atoms with Crippen LogP contribution in [0.1, 0.15) is 13.3 Å². The van der Waals surface area contributed by atoms with E-state index in [1.807, 2.05) is 4.72 Å². The highest BCUT2D eigenvalue weighted by molar-refractivity contribution is 7.91. The Morgan fingerprint density at radius 2 is 1.96 bits per heavy atom. The number of carboxylic acid groups (broad SMARTS) is 1. The van der Waals surface area contributed by atoms with Gasteiger partial charge in [-0.05, 0) is 18.6 Å². The van der Waals surface area contributed by atoms with Crippen molar-refractivity contribution in [1.82, 2.24) is 4.72 Å². The number of rotatable bonds is 9. The molecule has 0 amide bonds. The second-order valence-electron chi connectivity index (χ2n) is 4.91. The van der Waals surface area contributed by atoms with E-state index >= 15 is 0 Å². The maximum absolute atomic E-state index is 12.2. The lowest BCUT2D eigenvalue weighted by Gasteiger charge is -2.14. The van der Waals surface area contributed by atoms with Gasteiger partial charge >= 0.3 is 5.97 Å². The molecule has 0 fully saturated rings. The molecule has 0 aliphatic rings. The lowest BCUT2D eigenvalue weighted by atomic mass is 10.2. The summed E-state index contributed by atoms with van der Waals surface area (Å²) in [4.78, 5) is 20.6. The number of nitro groups is 1. The second kappa shape index (κ2) is 8.08. The molecule has 2 N–H and O–H groups in total. The van der Waals surface area contributed by atoms with Crippen molar-refractivity contribution >= 4 is 43.1 Å². The number of hydrogen-bond acceptors (Lipinski definition) is 7. The zero-order valence-corrected chi connectivity index (χ0v) is 15.3. The van der Waals surface area contributed by atoms with E-state index in [4.69, 9.17) is 16.7 Å². The molecule has 1 atom stereocenters. The molecule has 0 spiro atoms. The van der Waals surface area contributed by atoms with E-state index < -0.39 is 59.6 Å². The van der Waals surface area contributed by atoms with Gasteiger partial charge in [0.1, 0.15) is 20.9 Å². The lowest BCUT2D eigenvalue weighted by Crippen LogP contribution is -2.42. The molecule has 0 aromatic heterocycles. The minimum atomic E-state index is -4.44. The fourth-order valence-corrected chi connectivity index (χ4v) is 4.04. The molecule has 0 aliphatic carbocycles. The summed E-state index contributed by atoms with van der Waals surface area (Å²) < 4.78 is 49.2. The Labute approximate surface area is 148 Å². The Morgan fingerprint density at radius 3 is 2.44 bits per heavy atom. The number of carbonyl (C=O) groups is 1. The van der Waals surface area contributed by atoms with Crippen LogP contribution in [0.3, 0.4) is 0 Å². The third kappa shape index (κ3) is 5.92. The van der Waals surface area contributed by atoms with Crippen LogP contribution in [0.2, 0.25) is 5.02 Å². The van der Waals surface area contributed by atoms with Crippen LogP contribution >= 0.6 is 11.6 Å². The van der Waals surface area contributed by atoms with Crippen LogP contribution < -0.4 is 4.72 Å². The first kappa shape index (κ1) is 21.3. The summed E-state index contributed by atoms with van der Waals surface area (Å²) in [5.74, 6) is -2.31. The SMILES string of the molecule is CCS(=O)(=O)CCC(NS(=O)(=O)c1ccc(Cl)c([N+](=O)[O-])c1)C(=O)O. The number of benzene rings is 1. The van der Waals surface area contributed by atoms with E-state index in [0.29, 0.717) is 6.07 Å². The predicted molar refractivity (Wildman–Crippen MR) is 88.8 cm³/mol. The number of halogens is 1. The van der Waals surface area contributed by atoms with Crippen molar-refractivity contribution in [2.75, 3.05) is 11.5 Å². The highest BCUT2D eigenvalue weighted by atomic mass is 35.5. The molecule has 0 aliphatic heterocycles. The molecule has 25 heavy (non-hydrogen) atoms. The Balaban J connectivity index is 3.10. The standard InChI is InChI=1S/C12H15ClN2O8S2/c1-2-24(20,21)6-5-10(12(16)17)14-25(22,23)8-3-4-9(13)11(7-8)15(18)19/h3-4,7,10,14H,2,5-6H2,1H3,(H,16,17). The first-order valence-corrected chi connectivity index (χ1v) is 10.5. The van der Waals surface area contributed by atoms with Crippen LogP contribution in [0.4, 0.5) is 5.69 Å². The molecule has 0 radical (unpaired) electrons. The molecular formula is C12H15ClN2O8S2. The minimum absolute atomic E-state index is 0.213. The third-order valence-corrected chi connectivity index (χ3v) is 6.70. The average molecular weight is 415 g/mol. The van der Waals surface area contributed by atoms with Crippen molar-refractivity contribution in [3.63, 3.8) is 0 Å². The Kier molecular flexibility index (Phi) is 6.88. The molecule has 1 rings (SSSR count). The maximum atomic E-state index is 12.2. The van der Waals surface area contributed by atoms with E-state index in [9.17, 15) is 31.7 Å². The fraction of sp³-hybridized carbons (Fsp3) is 0.417. The van der Waals surface area contributed by atoms with Crippen LogP contribution in [0.15, 0.2) is 23.1 Å². The molecular weight excluding hydrogens is 400 g/mol. The molecule has 10 nitrogen and oxygen atoms in total. The summed E-state index contributed by atoms with van der Waals surface area (Å²) in [5.41, 5.74) is -0.662. The van der Waals surface area contributed by atoms with Crippen LogP contribution in [-0.4, -0.2) is 50.4 Å². The smallest absolute Gasteiger partial charge is 0.321 e. The summed E-state index contributed by atoms with van der Waals surface area (Å²) in [6.07, 6.45) is -0.486. The molecule has 140 valence electrons. The number of carboxylic acids is 1. The van der Waals surface area contributed by atoms with Gasteiger partial charge in [-0.3, -0.25) is 14.9 Å². The van der Waals surface area contributed by atoms with Crippen molar-refractivity contribution in [1.29, 1.82) is 0 Å². The fourth-order valence-electron chi connectivity index (χ4n) is 1.73. The molecule has 0 bridgehead atoms. The first-order chi connectivity index (χ1) is 11.4. The molecule has 1 aromatic carbocycles. The normalized spacial score (nSPS) is 13.4. The van der Waals surface area contributed by atoms with E-state index in [1.54, 1.807) is 0 Å². The minimum Gasteiger partial charge on any atom is -0.480 e. The van der Waals surface area contributed by atoms with Crippen LogP contribution in [0.5, 0.6) is 0 Å². The molecule has 1 aromatic rings. The number of hydrogen-bond donors (Lipinski definition) is 2. The highest BCUT2D eigenvalue weighted by Crippen LogP contribution is 2.27. The van der Waals surface area contributed by atoms with E-state index in [-0.39, 0.29) is 10.8 Å². The molecule has 13 heteroatoms. The van der Waals surface area contributed by atoms with Crippen LogP contribution in [-0.2, 0) is 24.7 Å². The zero-order chi connectivity index (χ0) is 19.4. The summed E-state index contributed by atoms with van der Waals surface area (Å²) in [7, 11) is -7.94. The van der Waals surface area contributed by atoms with E-state index in [0.717, 1.165) is 12.1 Å². The van der Waals surface area contributed by atoms with Gasteiger partial charge in [0.2, 0.25) is 10.0 Å². The molecule has 0 heterocycles. The van der Waals surface area contributed by atoms with Crippen LogP contribution in [0.25, 0.3) is 0 Å². The number of nitrogens with one attached hydrogen (secondary N) is 1. The summed E-state index contributed by atoms with van der Waals surface area (Å²) >= 11 is 5.60. The van der Waals surface area contributed by atoms with Crippen molar-refractivity contribution in [3.05, 3.63) is 33.3 Å². The molecule has 0 saturated heterocycles. The number of nitrogens with zero attached hydrogens (tertiary/aromatic N) is 1. The second-order valence-corrected chi connectivity index (χ2v) is 9.50. The third-order valence-electron chi connectivity index (χ3n) is 3.18. The topological polar surface area (TPSA) is 161 Å². The molecule has 1 unspecified atom stereocenters. The van der Waals surface area contributed by atoms with E-state index in [1.165, 1.54) is 6.92 Å². The van der Waals surface area contributed by atoms with Gasteiger partial charge in [0.25, 0.3) is 5.69 Å². The zero-order valence-electron chi connectivity index (χ0n) is 12.9. The quantitative estimate of drug-likeness (QED) is 0.443.